The molecule has 2 rings (SSSR count). The van der Waals surface area contributed by atoms with Crippen molar-refractivity contribution >= 4 is 11.9 Å². The van der Waals surface area contributed by atoms with Gasteiger partial charge in [0, 0.05) is 12.4 Å². The molecular formula is C15H22N2O4. The van der Waals surface area contributed by atoms with Gasteiger partial charge in [0.1, 0.15) is 6.10 Å². The van der Waals surface area contributed by atoms with Crippen molar-refractivity contribution in [2.24, 2.45) is 0 Å². The van der Waals surface area contributed by atoms with Crippen LogP contribution in [0.3, 0.4) is 0 Å². The van der Waals surface area contributed by atoms with Crippen molar-refractivity contribution in [3.8, 4) is 0 Å². The van der Waals surface area contributed by atoms with Gasteiger partial charge in [0.25, 0.3) is 0 Å². The molecule has 0 spiro atoms. The zero-order valence-corrected chi connectivity index (χ0v) is 12.4. The number of carbonyl (C=O) groups is 2. The standard InChI is InChI=1S/C15H22N2O4/c1-2-20-15(19)13(17-10-6-9-16-17)11-14(18)21-12-7-4-3-5-8-12/h6,9-10,12-13H,2-5,7-8,11H2,1H3. The summed E-state index contributed by atoms with van der Waals surface area (Å²) in [5, 5.41) is 4.03. The highest BCUT2D eigenvalue weighted by molar-refractivity contribution is 5.81. The minimum atomic E-state index is -0.754. The monoisotopic (exact) mass is 294 g/mol. The first-order valence-corrected chi connectivity index (χ1v) is 7.56. The number of rotatable bonds is 6. The second-order valence-corrected chi connectivity index (χ2v) is 5.21. The number of carbonyl (C=O) groups excluding carboxylic acids is 2. The maximum absolute atomic E-state index is 12.1. The van der Waals surface area contributed by atoms with Crippen LogP contribution in [-0.2, 0) is 19.1 Å². The second kappa shape index (κ2) is 7.81. The van der Waals surface area contributed by atoms with E-state index in [2.05, 4.69) is 5.10 Å². The van der Waals surface area contributed by atoms with Crippen molar-refractivity contribution in [3.63, 3.8) is 0 Å². The van der Waals surface area contributed by atoms with Crippen LogP contribution in [0.25, 0.3) is 0 Å². The number of nitrogens with zero attached hydrogens (tertiary/aromatic N) is 2. The summed E-state index contributed by atoms with van der Waals surface area (Å²) in [5.41, 5.74) is 0. The predicted molar refractivity (Wildman–Crippen MR) is 75.5 cm³/mol. The third-order valence-corrected chi connectivity index (χ3v) is 3.61. The molecule has 0 saturated heterocycles. The Balaban J connectivity index is 1.94. The lowest BCUT2D eigenvalue weighted by Gasteiger charge is -2.23. The van der Waals surface area contributed by atoms with Crippen LogP contribution >= 0.6 is 0 Å². The van der Waals surface area contributed by atoms with Crippen LogP contribution in [0.4, 0.5) is 0 Å². The van der Waals surface area contributed by atoms with Gasteiger partial charge in [0.05, 0.1) is 13.0 Å². The lowest BCUT2D eigenvalue weighted by atomic mass is 9.98. The SMILES string of the molecule is CCOC(=O)C(CC(=O)OC1CCCCC1)n1cccn1. The average Bonchev–Trinajstić information content (AvgIpc) is 3.00. The van der Waals surface area contributed by atoms with E-state index in [0.717, 1.165) is 25.7 Å². The normalized spacial score (nSPS) is 17.2. The fraction of sp³-hybridized carbons (Fsp3) is 0.667. The molecule has 1 aliphatic rings. The van der Waals surface area contributed by atoms with Crippen LogP contribution < -0.4 is 0 Å². The molecule has 21 heavy (non-hydrogen) atoms. The molecule has 0 aliphatic heterocycles. The average molecular weight is 294 g/mol. The molecule has 0 N–H and O–H groups in total. The molecule has 1 aromatic rings. The van der Waals surface area contributed by atoms with Gasteiger partial charge in [-0.3, -0.25) is 9.48 Å². The highest BCUT2D eigenvalue weighted by Crippen LogP contribution is 2.22. The summed E-state index contributed by atoms with van der Waals surface area (Å²) in [6, 6.07) is 0.953. The quantitative estimate of drug-likeness (QED) is 0.753. The number of esters is 2. The summed E-state index contributed by atoms with van der Waals surface area (Å²) in [6.45, 7) is 2.01. The molecule has 0 bridgehead atoms. The molecule has 1 unspecified atom stereocenters. The van der Waals surface area contributed by atoms with Gasteiger partial charge in [-0.05, 0) is 38.7 Å². The second-order valence-electron chi connectivity index (χ2n) is 5.21. The third-order valence-electron chi connectivity index (χ3n) is 3.61. The molecule has 0 amide bonds. The van der Waals surface area contributed by atoms with Crippen molar-refractivity contribution in [1.29, 1.82) is 0 Å². The molecular weight excluding hydrogens is 272 g/mol. The summed E-state index contributed by atoms with van der Waals surface area (Å²) in [5.74, 6) is -0.822. The Bertz CT molecular complexity index is 452. The van der Waals surface area contributed by atoms with E-state index in [1.165, 1.54) is 11.1 Å². The Morgan fingerprint density at radius 1 is 1.33 bits per heavy atom. The lowest BCUT2D eigenvalue weighted by molar-refractivity contribution is -0.158. The highest BCUT2D eigenvalue weighted by Gasteiger charge is 2.28. The van der Waals surface area contributed by atoms with Crippen LogP contribution in [0, 0.1) is 0 Å². The molecule has 1 aliphatic carbocycles. The third kappa shape index (κ3) is 4.58. The Labute approximate surface area is 124 Å². The molecule has 1 saturated carbocycles. The molecule has 116 valence electrons. The van der Waals surface area contributed by atoms with E-state index in [4.69, 9.17) is 9.47 Å². The Morgan fingerprint density at radius 2 is 2.10 bits per heavy atom. The van der Waals surface area contributed by atoms with Gasteiger partial charge in [0.15, 0.2) is 6.04 Å². The van der Waals surface area contributed by atoms with Crippen LogP contribution in [-0.4, -0.2) is 34.4 Å². The van der Waals surface area contributed by atoms with E-state index in [1.807, 2.05) is 0 Å². The van der Waals surface area contributed by atoms with Crippen molar-refractivity contribution < 1.29 is 19.1 Å². The maximum atomic E-state index is 12.1. The first-order valence-electron chi connectivity index (χ1n) is 7.56. The molecule has 1 atom stereocenters. The molecule has 1 fully saturated rings. The van der Waals surface area contributed by atoms with Gasteiger partial charge in [-0.15, -0.1) is 0 Å². The van der Waals surface area contributed by atoms with Crippen LogP contribution in [0.1, 0.15) is 51.5 Å². The van der Waals surface area contributed by atoms with Crippen molar-refractivity contribution in [2.75, 3.05) is 6.61 Å². The van der Waals surface area contributed by atoms with Gasteiger partial charge in [-0.25, -0.2) is 4.79 Å². The predicted octanol–water partition coefficient (Wildman–Crippen LogP) is 2.25. The van der Waals surface area contributed by atoms with Gasteiger partial charge >= 0.3 is 11.9 Å². The largest absolute Gasteiger partial charge is 0.464 e. The zero-order chi connectivity index (χ0) is 15.1. The van der Waals surface area contributed by atoms with E-state index in [0.29, 0.717) is 0 Å². The summed E-state index contributed by atoms with van der Waals surface area (Å²) in [6.07, 6.45) is 8.39. The molecule has 0 aromatic carbocycles. The smallest absolute Gasteiger partial charge is 0.331 e. The number of hydrogen-bond donors (Lipinski definition) is 0. The molecule has 1 heterocycles. The number of ether oxygens (including phenoxy) is 2. The van der Waals surface area contributed by atoms with E-state index >= 15 is 0 Å². The van der Waals surface area contributed by atoms with Gasteiger partial charge in [0.2, 0.25) is 0 Å². The van der Waals surface area contributed by atoms with Crippen molar-refractivity contribution in [1.82, 2.24) is 9.78 Å². The number of aromatic nitrogens is 2. The van der Waals surface area contributed by atoms with Crippen LogP contribution in [0.5, 0.6) is 0 Å². The van der Waals surface area contributed by atoms with E-state index in [9.17, 15) is 9.59 Å². The lowest BCUT2D eigenvalue weighted by Crippen LogP contribution is -2.28. The van der Waals surface area contributed by atoms with Gasteiger partial charge in [-0.1, -0.05) is 6.42 Å². The molecule has 6 nitrogen and oxygen atoms in total. The molecule has 1 aromatic heterocycles. The van der Waals surface area contributed by atoms with Gasteiger partial charge < -0.3 is 9.47 Å². The fourth-order valence-corrected chi connectivity index (χ4v) is 2.56. The minimum absolute atomic E-state index is 0.00767. The Kier molecular flexibility index (Phi) is 5.78. The first-order chi connectivity index (χ1) is 10.2. The maximum Gasteiger partial charge on any atom is 0.331 e. The fourth-order valence-electron chi connectivity index (χ4n) is 2.56. The van der Waals surface area contributed by atoms with Crippen LogP contribution in [0.15, 0.2) is 18.5 Å². The Morgan fingerprint density at radius 3 is 2.71 bits per heavy atom. The van der Waals surface area contributed by atoms with E-state index in [1.54, 1.807) is 25.4 Å². The minimum Gasteiger partial charge on any atom is -0.464 e. The van der Waals surface area contributed by atoms with Crippen molar-refractivity contribution in [3.05, 3.63) is 18.5 Å². The zero-order valence-electron chi connectivity index (χ0n) is 12.4. The summed E-state index contributed by atoms with van der Waals surface area (Å²) < 4.78 is 11.9. The topological polar surface area (TPSA) is 70.4 Å². The summed E-state index contributed by atoms with van der Waals surface area (Å²) >= 11 is 0. The molecule has 6 heteroatoms. The Hall–Kier alpha value is -1.85. The van der Waals surface area contributed by atoms with E-state index < -0.39 is 12.0 Å². The summed E-state index contributed by atoms with van der Waals surface area (Å²) in [4.78, 5) is 24.0. The number of hydrogen-bond acceptors (Lipinski definition) is 5. The summed E-state index contributed by atoms with van der Waals surface area (Å²) in [7, 11) is 0. The van der Waals surface area contributed by atoms with Crippen molar-refractivity contribution in [2.45, 2.75) is 57.6 Å². The first kappa shape index (κ1) is 15.5. The van der Waals surface area contributed by atoms with Gasteiger partial charge in [-0.2, -0.15) is 5.10 Å². The van der Waals surface area contributed by atoms with Crippen LogP contribution in [0.2, 0.25) is 0 Å². The van der Waals surface area contributed by atoms with E-state index in [-0.39, 0.29) is 25.1 Å². The highest BCUT2D eigenvalue weighted by atomic mass is 16.5. The molecule has 0 radical (unpaired) electrons.